The number of aryl methyl sites for hydroxylation is 1. The Hall–Kier alpha value is -3.83. The lowest BCUT2D eigenvalue weighted by Gasteiger charge is -2.35. The summed E-state index contributed by atoms with van der Waals surface area (Å²) in [5, 5.41) is 6.04. The van der Waals surface area contributed by atoms with Gasteiger partial charge in [-0.15, -0.1) is 0 Å². The SMILES string of the molecule is COC(=O)N[C@H]1CCN(C2CCC(Nc3cc(-n4c(C(F)F)nc5ccccc54)nc(C)n3)CC2)C1=O. The van der Waals surface area contributed by atoms with Gasteiger partial charge in [0.25, 0.3) is 6.43 Å². The average Bonchev–Trinajstić information content (AvgIpc) is 3.45. The maximum atomic E-state index is 13.8. The molecule has 12 heteroatoms. The van der Waals surface area contributed by atoms with E-state index in [0.717, 1.165) is 25.7 Å². The first-order chi connectivity index (χ1) is 17.8. The van der Waals surface area contributed by atoms with Gasteiger partial charge in [0.15, 0.2) is 5.82 Å². The molecule has 1 aromatic carbocycles. The highest BCUT2D eigenvalue weighted by atomic mass is 19.3. The molecule has 0 radical (unpaired) electrons. The first-order valence-electron chi connectivity index (χ1n) is 12.4. The van der Waals surface area contributed by atoms with Gasteiger partial charge in [-0.05, 0) is 51.2 Å². The van der Waals surface area contributed by atoms with Crippen LogP contribution >= 0.6 is 0 Å². The van der Waals surface area contributed by atoms with Crippen molar-refractivity contribution in [3.05, 3.63) is 42.0 Å². The number of rotatable bonds is 6. The third kappa shape index (κ3) is 5.05. The van der Waals surface area contributed by atoms with Gasteiger partial charge in [0, 0.05) is 24.7 Å². The van der Waals surface area contributed by atoms with Crippen molar-refractivity contribution in [1.29, 1.82) is 0 Å². The smallest absolute Gasteiger partial charge is 0.407 e. The first-order valence-corrected chi connectivity index (χ1v) is 12.4. The van der Waals surface area contributed by atoms with Crippen LogP contribution in [0.3, 0.4) is 0 Å². The van der Waals surface area contributed by atoms with Crippen molar-refractivity contribution in [3.63, 3.8) is 0 Å². The normalized spacial score (nSPS) is 22.0. The number of carbonyl (C=O) groups excluding carboxylic acids is 2. The molecule has 0 spiro atoms. The van der Waals surface area contributed by atoms with E-state index in [4.69, 9.17) is 0 Å². The average molecular weight is 514 g/mol. The molecule has 10 nitrogen and oxygen atoms in total. The zero-order valence-electron chi connectivity index (χ0n) is 20.7. The Labute approximate surface area is 212 Å². The number of amides is 2. The molecule has 5 rings (SSSR count). The first kappa shape index (κ1) is 24.8. The summed E-state index contributed by atoms with van der Waals surface area (Å²) in [6.07, 6.45) is 0.469. The molecule has 1 saturated carbocycles. The van der Waals surface area contributed by atoms with E-state index in [2.05, 4.69) is 30.3 Å². The lowest BCUT2D eigenvalue weighted by molar-refractivity contribution is -0.131. The summed E-state index contributed by atoms with van der Waals surface area (Å²) in [6.45, 7) is 2.33. The second-order valence-electron chi connectivity index (χ2n) is 9.41. The minimum atomic E-state index is -2.76. The van der Waals surface area contributed by atoms with Gasteiger partial charge in [0.1, 0.15) is 23.5 Å². The fraction of sp³-hybridized carbons (Fsp3) is 0.480. The summed E-state index contributed by atoms with van der Waals surface area (Å²) < 4.78 is 33.6. The Morgan fingerprint density at radius 1 is 1.11 bits per heavy atom. The van der Waals surface area contributed by atoms with E-state index in [1.165, 1.54) is 11.7 Å². The maximum Gasteiger partial charge on any atom is 0.407 e. The number of para-hydroxylation sites is 2. The van der Waals surface area contributed by atoms with E-state index in [9.17, 15) is 18.4 Å². The number of alkyl carbamates (subject to hydrolysis) is 1. The molecule has 2 fully saturated rings. The number of halogens is 2. The largest absolute Gasteiger partial charge is 0.453 e. The molecule has 3 heterocycles. The summed E-state index contributed by atoms with van der Waals surface area (Å²) in [7, 11) is 1.28. The number of likely N-dealkylation sites (tertiary alicyclic amines) is 1. The summed E-state index contributed by atoms with van der Waals surface area (Å²) in [5.41, 5.74) is 1.03. The fourth-order valence-electron chi connectivity index (χ4n) is 5.31. The maximum absolute atomic E-state index is 13.8. The number of ether oxygens (including phenoxy) is 1. The van der Waals surface area contributed by atoms with Crippen molar-refractivity contribution < 1.29 is 23.1 Å². The van der Waals surface area contributed by atoms with Gasteiger partial charge in [-0.3, -0.25) is 9.36 Å². The number of fused-ring (bicyclic) bond motifs is 1. The molecule has 2 aliphatic rings. The highest BCUT2D eigenvalue weighted by Crippen LogP contribution is 2.30. The lowest BCUT2D eigenvalue weighted by atomic mass is 9.90. The van der Waals surface area contributed by atoms with Gasteiger partial charge in [-0.25, -0.2) is 28.5 Å². The van der Waals surface area contributed by atoms with Crippen LogP contribution in [0.5, 0.6) is 0 Å². The Balaban J connectivity index is 1.27. The topological polar surface area (TPSA) is 114 Å². The second-order valence-corrected chi connectivity index (χ2v) is 9.41. The number of anilines is 1. The molecular formula is C25H29F2N7O3. The van der Waals surface area contributed by atoms with Gasteiger partial charge >= 0.3 is 6.09 Å². The molecule has 1 aliphatic carbocycles. The van der Waals surface area contributed by atoms with E-state index >= 15 is 0 Å². The molecule has 196 valence electrons. The molecule has 1 aliphatic heterocycles. The molecule has 0 unspecified atom stereocenters. The Kier molecular flexibility index (Phi) is 6.90. The Morgan fingerprint density at radius 3 is 2.59 bits per heavy atom. The molecule has 2 aromatic heterocycles. The molecule has 37 heavy (non-hydrogen) atoms. The van der Waals surface area contributed by atoms with Gasteiger partial charge < -0.3 is 20.3 Å². The monoisotopic (exact) mass is 513 g/mol. The van der Waals surface area contributed by atoms with Crippen LogP contribution in [0.1, 0.15) is 50.2 Å². The molecule has 1 saturated heterocycles. The highest BCUT2D eigenvalue weighted by molar-refractivity contribution is 5.87. The lowest BCUT2D eigenvalue weighted by Crippen LogP contribution is -2.46. The third-order valence-electron chi connectivity index (χ3n) is 7.04. The van der Waals surface area contributed by atoms with Crippen LogP contribution < -0.4 is 10.6 Å². The molecule has 3 aromatic rings. The number of nitrogens with one attached hydrogen (secondary N) is 2. The van der Waals surface area contributed by atoms with Crippen LogP contribution in [0.15, 0.2) is 30.3 Å². The van der Waals surface area contributed by atoms with Gasteiger partial charge in [-0.1, -0.05) is 12.1 Å². The standard InChI is InChI=1S/C25H29F2N7O3/c1-14-28-20(13-21(29-14)34-19-6-4-3-5-17(19)31-23(34)22(26)27)30-15-7-9-16(10-8-15)33-12-11-18(24(33)35)32-25(36)37-2/h3-6,13,15-16,18,22H,7-12H2,1-2H3,(H,32,36)(H,28,29,30)/t15?,16?,18-/m0/s1. The van der Waals surface area contributed by atoms with Crippen LogP contribution in [0.4, 0.5) is 19.4 Å². The van der Waals surface area contributed by atoms with E-state index in [1.807, 2.05) is 4.90 Å². The second kappa shape index (κ2) is 10.3. The summed E-state index contributed by atoms with van der Waals surface area (Å²) in [6, 6.07) is 8.34. The minimum Gasteiger partial charge on any atom is -0.453 e. The predicted molar refractivity (Wildman–Crippen MR) is 132 cm³/mol. The number of hydrogen-bond acceptors (Lipinski definition) is 7. The van der Waals surface area contributed by atoms with Crippen molar-refractivity contribution in [2.75, 3.05) is 19.0 Å². The van der Waals surface area contributed by atoms with Crippen molar-refractivity contribution in [2.24, 2.45) is 0 Å². The van der Waals surface area contributed by atoms with Crippen LogP contribution in [0, 0.1) is 6.92 Å². The Bertz CT molecular complexity index is 1310. The Morgan fingerprint density at radius 2 is 1.86 bits per heavy atom. The van der Waals surface area contributed by atoms with Gasteiger partial charge in [0.05, 0.1) is 18.1 Å². The number of hydrogen-bond donors (Lipinski definition) is 2. The minimum absolute atomic E-state index is 0.0692. The number of benzene rings is 1. The summed E-state index contributed by atoms with van der Waals surface area (Å²) >= 11 is 0. The number of carbonyl (C=O) groups is 2. The van der Waals surface area contributed by atoms with Crippen LogP contribution in [0.25, 0.3) is 16.9 Å². The molecule has 0 bridgehead atoms. The van der Waals surface area contributed by atoms with Crippen molar-refractivity contribution in [3.8, 4) is 5.82 Å². The molecule has 2 amide bonds. The van der Waals surface area contributed by atoms with Gasteiger partial charge in [-0.2, -0.15) is 0 Å². The third-order valence-corrected chi connectivity index (χ3v) is 7.04. The van der Waals surface area contributed by atoms with E-state index in [0.29, 0.717) is 41.5 Å². The fourth-order valence-corrected chi connectivity index (χ4v) is 5.31. The van der Waals surface area contributed by atoms with Crippen molar-refractivity contribution in [2.45, 2.75) is 63.6 Å². The molecule has 1 atom stereocenters. The summed E-state index contributed by atoms with van der Waals surface area (Å²) in [4.78, 5) is 39.1. The zero-order chi connectivity index (χ0) is 26.1. The van der Waals surface area contributed by atoms with Gasteiger partial charge in [0.2, 0.25) is 5.91 Å². The van der Waals surface area contributed by atoms with E-state index in [1.54, 1.807) is 37.3 Å². The predicted octanol–water partition coefficient (Wildman–Crippen LogP) is 3.74. The van der Waals surface area contributed by atoms with Crippen LogP contribution in [0.2, 0.25) is 0 Å². The number of alkyl halides is 2. The number of aromatic nitrogens is 4. The highest BCUT2D eigenvalue weighted by Gasteiger charge is 2.38. The van der Waals surface area contributed by atoms with Crippen LogP contribution in [-0.4, -0.2) is 68.2 Å². The number of imidazole rings is 1. The van der Waals surface area contributed by atoms with E-state index in [-0.39, 0.29) is 23.8 Å². The molecule has 2 N–H and O–H groups in total. The quantitative estimate of drug-likeness (QED) is 0.516. The van der Waals surface area contributed by atoms with E-state index < -0.39 is 18.6 Å². The van der Waals surface area contributed by atoms with Crippen LogP contribution in [-0.2, 0) is 9.53 Å². The number of nitrogens with zero attached hydrogens (tertiary/aromatic N) is 5. The van der Waals surface area contributed by atoms with Crippen molar-refractivity contribution in [1.82, 2.24) is 29.7 Å². The molecular weight excluding hydrogens is 484 g/mol. The zero-order valence-corrected chi connectivity index (χ0v) is 20.7. The van der Waals surface area contributed by atoms with Crippen molar-refractivity contribution >= 4 is 28.9 Å². The number of methoxy groups -OCH3 is 1. The summed E-state index contributed by atoms with van der Waals surface area (Å²) in [5.74, 6) is 0.919.